The van der Waals surface area contributed by atoms with Crippen LogP contribution in [-0.4, -0.2) is 23.1 Å². The number of rotatable bonds is 4. The maximum atomic E-state index is 4.05. The molecule has 4 heteroatoms. The summed E-state index contributed by atoms with van der Waals surface area (Å²) in [5.74, 6) is 0. The summed E-state index contributed by atoms with van der Waals surface area (Å²) in [6.07, 6.45) is 5.76. The molecule has 1 aliphatic heterocycles. The molecule has 0 fully saturated rings. The smallest absolute Gasteiger partial charge is 0.0921 e. The molecule has 4 nitrogen and oxygen atoms in total. The number of hydrogen-bond acceptors (Lipinski definition) is 3. The van der Waals surface area contributed by atoms with Gasteiger partial charge in [-0.1, -0.05) is 24.3 Å². The van der Waals surface area contributed by atoms with Gasteiger partial charge in [-0.15, -0.1) is 0 Å². The number of benzene rings is 1. The van der Waals surface area contributed by atoms with Gasteiger partial charge in [0.2, 0.25) is 0 Å². The summed E-state index contributed by atoms with van der Waals surface area (Å²) in [7, 11) is 0. The molecule has 1 aromatic carbocycles. The molecule has 19 heavy (non-hydrogen) atoms. The number of nitrogens with zero attached hydrogens (tertiary/aromatic N) is 1. The van der Waals surface area contributed by atoms with Crippen LogP contribution in [0.15, 0.2) is 36.8 Å². The molecule has 2 heterocycles. The minimum Gasteiger partial charge on any atom is -0.348 e. The van der Waals surface area contributed by atoms with Gasteiger partial charge in [0.15, 0.2) is 0 Å². The van der Waals surface area contributed by atoms with Crippen LogP contribution < -0.4 is 10.6 Å². The van der Waals surface area contributed by atoms with E-state index < -0.39 is 0 Å². The van der Waals surface area contributed by atoms with E-state index in [0.717, 1.165) is 32.5 Å². The number of nitrogens with one attached hydrogen (secondary N) is 3. The molecule has 0 spiro atoms. The van der Waals surface area contributed by atoms with E-state index in [9.17, 15) is 0 Å². The van der Waals surface area contributed by atoms with Crippen LogP contribution in [0.2, 0.25) is 0 Å². The van der Waals surface area contributed by atoms with Gasteiger partial charge in [0.1, 0.15) is 0 Å². The van der Waals surface area contributed by atoms with Crippen LogP contribution in [0.4, 0.5) is 0 Å². The fourth-order valence-corrected chi connectivity index (χ4v) is 2.67. The molecule has 0 saturated carbocycles. The SMILES string of the molecule is c1ccc2c(c1)CNCCC2NCCc1cnc[nH]1. The third-order valence-corrected chi connectivity index (χ3v) is 3.70. The summed E-state index contributed by atoms with van der Waals surface area (Å²) in [4.78, 5) is 7.19. The Bertz CT molecular complexity index is 507. The van der Waals surface area contributed by atoms with Crippen molar-refractivity contribution in [1.29, 1.82) is 0 Å². The second-order valence-electron chi connectivity index (χ2n) is 5.00. The molecule has 2 aromatic rings. The molecule has 0 amide bonds. The van der Waals surface area contributed by atoms with E-state index in [4.69, 9.17) is 0 Å². The van der Waals surface area contributed by atoms with E-state index in [0.29, 0.717) is 6.04 Å². The zero-order chi connectivity index (χ0) is 12.9. The summed E-state index contributed by atoms with van der Waals surface area (Å²) in [6, 6.07) is 9.17. The van der Waals surface area contributed by atoms with Crippen LogP contribution in [0.25, 0.3) is 0 Å². The minimum atomic E-state index is 0.453. The highest BCUT2D eigenvalue weighted by Gasteiger charge is 2.16. The lowest BCUT2D eigenvalue weighted by atomic mass is 9.99. The Labute approximate surface area is 113 Å². The van der Waals surface area contributed by atoms with Crippen molar-refractivity contribution in [3.63, 3.8) is 0 Å². The number of H-pyrrole nitrogens is 1. The van der Waals surface area contributed by atoms with Gasteiger partial charge in [0.25, 0.3) is 0 Å². The molecule has 1 aliphatic rings. The van der Waals surface area contributed by atoms with Crippen LogP contribution in [0, 0.1) is 0 Å². The lowest BCUT2D eigenvalue weighted by Crippen LogP contribution is -2.25. The number of aromatic amines is 1. The van der Waals surface area contributed by atoms with E-state index in [1.165, 1.54) is 16.8 Å². The van der Waals surface area contributed by atoms with Gasteiger partial charge in [-0.05, 0) is 24.1 Å². The predicted molar refractivity (Wildman–Crippen MR) is 75.8 cm³/mol. The van der Waals surface area contributed by atoms with Crippen molar-refractivity contribution in [2.45, 2.75) is 25.4 Å². The quantitative estimate of drug-likeness (QED) is 0.781. The first-order valence-electron chi connectivity index (χ1n) is 6.92. The van der Waals surface area contributed by atoms with Gasteiger partial charge < -0.3 is 15.6 Å². The first-order valence-corrected chi connectivity index (χ1v) is 6.92. The fourth-order valence-electron chi connectivity index (χ4n) is 2.67. The molecular formula is C15H20N4. The number of hydrogen-bond donors (Lipinski definition) is 3. The summed E-state index contributed by atoms with van der Waals surface area (Å²) >= 11 is 0. The zero-order valence-electron chi connectivity index (χ0n) is 11.0. The van der Waals surface area contributed by atoms with Gasteiger partial charge >= 0.3 is 0 Å². The molecule has 1 unspecified atom stereocenters. The van der Waals surface area contributed by atoms with Crippen LogP contribution in [-0.2, 0) is 13.0 Å². The Balaban J connectivity index is 1.63. The number of aromatic nitrogens is 2. The Morgan fingerprint density at radius 1 is 1.32 bits per heavy atom. The summed E-state index contributed by atoms with van der Waals surface area (Å²) in [5, 5.41) is 7.15. The van der Waals surface area contributed by atoms with E-state index in [1.54, 1.807) is 6.33 Å². The highest BCUT2D eigenvalue weighted by Crippen LogP contribution is 2.23. The van der Waals surface area contributed by atoms with E-state index >= 15 is 0 Å². The standard InChI is InChI=1S/C15H20N4/c1-2-4-14-12(3-1)9-16-7-6-15(14)18-8-5-13-10-17-11-19-13/h1-4,10-11,15-16,18H,5-9H2,(H,17,19). The monoisotopic (exact) mass is 256 g/mol. The van der Waals surface area contributed by atoms with Crippen LogP contribution in [0.3, 0.4) is 0 Å². The van der Waals surface area contributed by atoms with Gasteiger partial charge in [-0.2, -0.15) is 0 Å². The molecule has 0 saturated heterocycles. The summed E-state index contributed by atoms with van der Waals surface area (Å²) < 4.78 is 0. The second-order valence-corrected chi connectivity index (χ2v) is 5.00. The molecule has 0 aliphatic carbocycles. The summed E-state index contributed by atoms with van der Waals surface area (Å²) in [5.41, 5.74) is 4.05. The van der Waals surface area contributed by atoms with Crippen molar-refractivity contribution in [3.05, 3.63) is 53.6 Å². The topological polar surface area (TPSA) is 52.7 Å². The third-order valence-electron chi connectivity index (χ3n) is 3.70. The molecule has 3 rings (SSSR count). The average molecular weight is 256 g/mol. The molecule has 0 radical (unpaired) electrons. The Hall–Kier alpha value is -1.65. The molecule has 1 aromatic heterocycles. The zero-order valence-corrected chi connectivity index (χ0v) is 11.0. The molecular weight excluding hydrogens is 236 g/mol. The van der Waals surface area contributed by atoms with Gasteiger partial charge in [0.05, 0.1) is 6.33 Å². The van der Waals surface area contributed by atoms with Crippen molar-refractivity contribution in [2.75, 3.05) is 13.1 Å². The lowest BCUT2D eigenvalue weighted by molar-refractivity contribution is 0.498. The maximum absolute atomic E-state index is 4.05. The van der Waals surface area contributed by atoms with Crippen molar-refractivity contribution in [1.82, 2.24) is 20.6 Å². The fraction of sp³-hybridized carbons (Fsp3) is 0.400. The van der Waals surface area contributed by atoms with Crippen LogP contribution in [0.5, 0.6) is 0 Å². The van der Waals surface area contributed by atoms with Gasteiger partial charge in [-0.3, -0.25) is 0 Å². The lowest BCUT2D eigenvalue weighted by Gasteiger charge is -2.18. The van der Waals surface area contributed by atoms with Gasteiger partial charge in [-0.25, -0.2) is 4.98 Å². The average Bonchev–Trinajstić information content (AvgIpc) is 2.87. The summed E-state index contributed by atoms with van der Waals surface area (Å²) in [6.45, 7) is 3.02. The molecule has 1 atom stereocenters. The second kappa shape index (κ2) is 5.99. The largest absolute Gasteiger partial charge is 0.348 e. The highest BCUT2D eigenvalue weighted by atomic mass is 14.9. The highest BCUT2D eigenvalue weighted by molar-refractivity contribution is 5.31. The van der Waals surface area contributed by atoms with E-state index in [2.05, 4.69) is 44.9 Å². The minimum absolute atomic E-state index is 0.453. The first kappa shape index (κ1) is 12.4. The predicted octanol–water partition coefficient (Wildman–Crippen LogP) is 1.78. The van der Waals surface area contributed by atoms with Crippen LogP contribution in [0.1, 0.15) is 29.3 Å². The Morgan fingerprint density at radius 2 is 2.26 bits per heavy atom. The Morgan fingerprint density at radius 3 is 3.16 bits per heavy atom. The van der Waals surface area contributed by atoms with Gasteiger partial charge in [0, 0.05) is 37.4 Å². The molecule has 0 bridgehead atoms. The van der Waals surface area contributed by atoms with Crippen molar-refractivity contribution in [3.8, 4) is 0 Å². The number of fused-ring (bicyclic) bond motifs is 1. The van der Waals surface area contributed by atoms with Crippen molar-refractivity contribution < 1.29 is 0 Å². The first-order chi connectivity index (χ1) is 9.43. The van der Waals surface area contributed by atoms with Crippen molar-refractivity contribution in [2.24, 2.45) is 0 Å². The van der Waals surface area contributed by atoms with Crippen LogP contribution >= 0.6 is 0 Å². The van der Waals surface area contributed by atoms with Crippen molar-refractivity contribution >= 4 is 0 Å². The van der Waals surface area contributed by atoms with E-state index in [-0.39, 0.29) is 0 Å². The molecule has 3 N–H and O–H groups in total. The maximum Gasteiger partial charge on any atom is 0.0921 e. The number of imidazole rings is 1. The third kappa shape index (κ3) is 3.03. The normalized spacial score (nSPS) is 18.8. The van der Waals surface area contributed by atoms with E-state index in [1.807, 2.05) is 6.20 Å². The Kier molecular flexibility index (Phi) is 3.91. The molecule has 100 valence electrons.